The van der Waals surface area contributed by atoms with Crippen molar-refractivity contribution in [1.29, 1.82) is 0 Å². The first kappa shape index (κ1) is 4.53. The van der Waals surface area contributed by atoms with Gasteiger partial charge < -0.3 is 0 Å². The summed E-state index contributed by atoms with van der Waals surface area (Å²) < 4.78 is 21.1. The van der Waals surface area contributed by atoms with Crippen LogP contribution in [0.3, 0.4) is 0 Å². The number of hydrogen-bond acceptors (Lipinski definition) is 1. The van der Waals surface area contributed by atoms with Crippen molar-refractivity contribution < 1.29 is 8.87 Å². The summed E-state index contributed by atoms with van der Waals surface area (Å²) in [7, 11) is 0. The number of hydrogen-bond donors (Lipinski definition) is 0. The molecule has 0 aliphatic rings. The molecule has 0 aromatic carbocycles. The highest BCUT2D eigenvalue weighted by molar-refractivity contribution is 5.70. The number of rotatable bonds is 0. The highest BCUT2D eigenvalue weighted by Crippen LogP contribution is 1.74. The van der Waals surface area contributed by atoms with Crippen LogP contribution in [0.1, 0.15) is 6.92 Å². The van der Waals surface area contributed by atoms with Gasteiger partial charge >= 0.3 is 0 Å². The molecule has 0 aliphatic carbocycles. The second kappa shape index (κ2) is 1.81. The lowest BCUT2D eigenvalue weighted by atomic mass is 10.9. The molecule has 0 fully saturated rings. The summed E-state index contributed by atoms with van der Waals surface area (Å²) in [6.45, 7) is 0.931. The van der Waals surface area contributed by atoms with Gasteiger partial charge in [-0.2, -0.15) is 4.39 Å². The third kappa shape index (κ3) is 3.53. The van der Waals surface area contributed by atoms with Crippen LogP contribution in [0, 0.1) is 0 Å². The van der Waals surface area contributed by atoms with Gasteiger partial charge in [-0.25, -0.2) is 0 Å². The van der Waals surface area contributed by atoms with E-state index in [4.69, 9.17) is 0 Å². The maximum Gasteiger partial charge on any atom is 0.217 e. The molecule has 30 valence electrons. The fourth-order valence-electron chi connectivity index (χ4n) is 0. The Labute approximate surface area is 28.3 Å². The van der Waals surface area contributed by atoms with E-state index in [1.807, 2.05) is 0 Å². The number of nitrogens with zero attached hydrogens (tertiary/aromatic N) is 1. The molecule has 0 N–H and O–H groups in total. The van der Waals surface area contributed by atoms with E-state index in [1.54, 1.807) is 5.21 Å². The van der Waals surface area contributed by atoms with Gasteiger partial charge in [-0.1, -0.05) is 9.70 Å². The fraction of sp³-hybridized carbons (Fsp3) is 0.500. The summed E-state index contributed by atoms with van der Waals surface area (Å²) in [4.78, 5) is 0. The minimum atomic E-state index is -1.04. The van der Waals surface area contributed by atoms with E-state index in [0.717, 1.165) is 6.92 Å². The standard InChI is InChI=1S/C2H3F2N/c1-2(3)5-4/h1H3/b5-2-. The van der Waals surface area contributed by atoms with Gasteiger partial charge in [0.1, 0.15) is 0 Å². The molecule has 0 aliphatic heterocycles. The van der Waals surface area contributed by atoms with E-state index in [2.05, 4.69) is 0 Å². The molecule has 0 saturated carbocycles. The smallest absolute Gasteiger partial charge is 0.188 e. The van der Waals surface area contributed by atoms with Crippen molar-refractivity contribution in [2.75, 3.05) is 0 Å². The maximum atomic E-state index is 10.8. The van der Waals surface area contributed by atoms with E-state index in [1.165, 1.54) is 0 Å². The van der Waals surface area contributed by atoms with E-state index in [0.29, 0.717) is 0 Å². The van der Waals surface area contributed by atoms with Gasteiger partial charge in [0.15, 0.2) is 0 Å². The van der Waals surface area contributed by atoms with Crippen LogP contribution in [0.4, 0.5) is 8.87 Å². The van der Waals surface area contributed by atoms with Crippen molar-refractivity contribution in [3.05, 3.63) is 0 Å². The van der Waals surface area contributed by atoms with E-state index < -0.39 is 5.97 Å². The Balaban J connectivity index is 3.14. The van der Waals surface area contributed by atoms with Crippen LogP contribution in [0.5, 0.6) is 0 Å². The highest BCUT2D eigenvalue weighted by Gasteiger charge is 1.73. The zero-order chi connectivity index (χ0) is 4.28. The molecule has 0 atom stereocenters. The van der Waals surface area contributed by atoms with Crippen molar-refractivity contribution in [2.24, 2.45) is 5.21 Å². The second-order valence-corrected chi connectivity index (χ2v) is 0.582. The Morgan fingerprint density at radius 2 is 2.00 bits per heavy atom. The third-order valence-electron chi connectivity index (χ3n) is 0.116. The molecule has 0 bridgehead atoms. The molecular formula is C2H3F2N. The largest absolute Gasteiger partial charge is 0.217 e. The molecule has 0 rings (SSSR count). The second-order valence-electron chi connectivity index (χ2n) is 0.582. The predicted octanol–water partition coefficient (Wildman–Crippen LogP) is 1.26. The monoisotopic (exact) mass is 79.0 g/mol. The Morgan fingerprint density at radius 1 is 1.80 bits per heavy atom. The van der Waals surface area contributed by atoms with E-state index in [-0.39, 0.29) is 0 Å². The predicted molar refractivity (Wildman–Crippen MR) is 15.3 cm³/mol. The molecule has 3 heteroatoms. The van der Waals surface area contributed by atoms with Crippen molar-refractivity contribution in [2.45, 2.75) is 6.92 Å². The molecule has 5 heavy (non-hydrogen) atoms. The van der Waals surface area contributed by atoms with Crippen LogP contribution < -0.4 is 0 Å². The fourth-order valence-corrected chi connectivity index (χ4v) is 0. The topological polar surface area (TPSA) is 12.4 Å². The summed E-state index contributed by atoms with van der Waals surface area (Å²) in [6.07, 6.45) is 0. The van der Waals surface area contributed by atoms with Gasteiger partial charge in [-0.15, -0.1) is 0 Å². The van der Waals surface area contributed by atoms with Gasteiger partial charge in [-0.05, 0) is 0 Å². The number of halogens is 2. The molecule has 1 nitrogen and oxygen atoms in total. The molecule has 0 unspecified atom stereocenters. The van der Waals surface area contributed by atoms with Gasteiger partial charge in [0.25, 0.3) is 0 Å². The molecule has 0 radical (unpaired) electrons. The van der Waals surface area contributed by atoms with Crippen molar-refractivity contribution in [1.82, 2.24) is 0 Å². The average Bonchev–Trinajstić information content (AvgIpc) is 1.38. The lowest BCUT2D eigenvalue weighted by Crippen LogP contribution is -1.67. The Bertz CT molecular complexity index is 45.6. The first-order valence-corrected chi connectivity index (χ1v) is 1.08. The molecule has 0 aromatic heterocycles. The Kier molecular flexibility index (Phi) is 1.64. The first-order valence-electron chi connectivity index (χ1n) is 1.08. The Morgan fingerprint density at radius 3 is 2.00 bits per heavy atom. The molecule has 0 amide bonds. The highest BCUT2D eigenvalue weighted by atomic mass is 19.2. The Hall–Kier alpha value is -0.470. The quantitative estimate of drug-likeness (QED) is 0.387. The summed E-state index contributed by atoms with van der Waals surface area (Å²) in [5, 5.41) is 1.64. The SMILES string of the molecule is C/C(F)=N/F. The normalized spacial score (nSPS) is 12.2. The molecule has 0 spiro atoms. The van der Waals surface area contributed by atoms with Crippen LogP contribution in [0.15, 0.2) is 5.21 Å². The van der Waals surface area contributed by atoms with Gasteiger partial charge in [0.2, 0.25) is 5.97 Å². The minimum absolute atomic E-state index is 0.931. The molecular weight excluding hydrogens is 76.0 g/mol. The molecule has 0 aromatic rings. The van der Waals surface area contributed by atoms with Crippen LogP contribution in [-0.2, 0) is 0 Å². The minimum Gasteiger partial charge on any atom is -0.188 e. The van der Waals surface area contributed by atoms with Gasteiger partial charge in [0.05, 0.1) is 0 Å². The van der Waals surface area contributed by atoms with E-state index >= 15 is 0 Å². The lowest BCUT2D eigenvalue weighted by molar-refractivity contribution is 0.517. The zero-order valence-corrected chi connectivity index (χ0v) is 2.70. The van der Waals surface area contributed by atoms with Gasteiger partial charge in [0, 0.05) is 6.92 Å². The van der Waals surface area contributed by atoms with Crippen molar-refractivity contribution in [3.8, 4) is 0 Å². The van der Waals surface area contributed by atoms with Crippen LogP contribution in [0.2, 0.25) is 0 Å². The summed E-state index contributed by atoms with van der Waals surface area (Å²) in [5.74, 6) is -1.04. The maximum absolute atomic E-state index is 10.8. The summed E-state index contributed by atoms with van der Waals surface area (Å²) in [5.41, 5.74) is 0. The van der Waals surface area contributed by atoms with E-state index in [9.17, 15) is 8.87 Å². The molecule has 0 heterocycles. The zero-order valence-electron chi connectivity index (χ0n) is 2.70. The summed E-state index contributed by atoms with van der Waals surface area (Å²) >= 11 is 0. The van der Waals surface area contributed by atoms with Crippen LogP contribution in [0.25, 0.3) is 0 Å². The van der Waals surface area contributed by atoms with Crippen LogP contribution in [-0.4, -0.2) is 5.97 Å². The average molecular weight is 79.0 g/mol. The third-order valence-corrected chi connectivity index (χ3v) is 0.116. The first-order chi connectivity index (χ1) is 2.27. The summed E-state index contributed by atoms with van der Waals surface area (Å²) in [6, 6.07) is 0. The van der Waals surface area contributed by atoms with Gasteiger partial charge in [-0.3, -0.25) is 0 Å². The van der Waals surface area contributed by atoms with Crippen molar-refractivity contribution >= 4 is 5.97 Å². The van der Waals surface area contributed by atoms with Crippen molar-refractivity contribution in [3.63, 3.8) is 0 Å². The van der Waals surface area contributed by atoms with Crippen LogP contribution >= 0.6 is 0 Å². The molecule has 0 saturated heterocycles. The lowest BCUT2D eigenvalue weighted by Gasteiger charge is -1.63.